The molecule has 7 nitrogen and oxygen atoms in total. The van der Waals surface area contributed by atoms with Gasteiger partial charge in [-0.2, -0.15) is 0 Å². The molecule has 1 amide bonds. The SMILES string of the molecule is Cc1cc(C)c([N+](=O)[O-])cc1C(O)C(O)CC(N)=O. The molecule has 0 aliphatic carbocycles. The number of carbonyl (C=O) groups excluding carboxylic acids is 1. The summed E-state index contributed by atoms with van der Waals surface area (Å²) in [5.41, 5.74) is 6.06. The van der Waals surface area contributed by atoms with Crippen LogP contribution in [-0.4, -0.2) is 27.1 Å². The lowest BCUT2D eigenvalue weighted by molar-refractivity contribution is -0.385. The zero-order chi connectivity index (χ0) is 14.7. The fourth-order valence-corrected chi connectivity index (χ4v) is 1.90. The number of aliphatic hydroxyl groups is 2. The van der Waals surface area contributed by atoms with E-state index < -0.39 is 29.5 Å². The minimum absolute atomic E-state index is 0.147. The summed E-state index contributed by atoms with van der Waals surface area (Å²) in [5.74, 6) is -0.759. The predicted molar refractivity (Wildman–Crippen MR) is 67.3 cm³/mol. The number of primary amides is 1. The highest BCUT2D eigenvalue weighted by Crippen LogP contribution is 2.29. The number of hydrogen-bond acceptors (Lipinski definition) is 5. The fourth-order valence-electron chi connectivity index (χ4n) is 1.90. The van der Waals surface area contributed by atoms with Gasteiger partial charge in [0.05, 0.1) is 17.4 Å². The van der Waals surface area contributed by atoms with Gasteiger partial charge >= 0.3 is 0 Å². The minimum Gasteiger partial charge on any atom is -0.390 e. The highest BCUT2D eigenvalue weighted by Gasteiger charge is 2.24. The molecule has 0 radical (unpaired) electrons. The first-order chi connectivity index (χ1) is 8.73. The summed E-state index contributed by atoms with van der Waals surface area (Å²) in [6.45, 7) is 3.24. The summed E-state index contributed by atoms with van der Waals surface area (Å²) in [6, 6.07) is 2.76. The van der Waals surface area contributed by atoms with Crippen LogP contribution in [-0.2, 0) is 4.79 Å². The Morgan fingerprint density at radius 1 is 1.37 bits per heavy atom. The lowest BCUT2D eigenvalue weighted by Gasteiger charge is -2.19. The van der Waals surface area contributed by atoms with Crippen LogP contribution in [0.1, 0.15) is 29.2 Å². The van der Waals surface area contributed by atoms with Crippen molar-refractivity contribution in [2.75, 3.05) is 0 Å². The molecule has 0 heterocycles. The van der Waals surface area contributed by atoms with Crippen LogP contribution in [0.5, 0.6) is 0 Å². The van der Waals surface area contributed by atoms with Crippen LogP contribution in [0.15, 0.2) is 12.1 Å². The molecule has 4 N–H and O–H groups in total. The number of nitrogens with zero attached hydrogens (tertiary/aromatic N) is 1. The third kappa shape index (κ3) is 3.49. The van der Waals surface area contributed by atoms with Crippen molar-refractivity contribution in [2.45, 2.75) is 32.5 Å². The van der Waals surface area contributed by atoms with E-state index in [0.29, 0.717) is 11.1 Å². The summed E-state index contributed by atoms with van der Waals surface area (Å²) < 4.78 is 0. The van der Waals surface area contributed by atoms with Crippen LogP contribution in [0.2, 0.25) is 0 Å². The van der Waals surface area contributed by atoms with E-state index in [4.69, 9.17) is 5.73 Å². The molecule has 0 aliphatic heterocycles. The molecule has 0 spiro atoms. The van der Waals surface area contributed by atoms with Gasteiger partial charge in [-0.1, -0.05) is 0 Å². The van der Waals surface area contributed by atoms with Gasteiger partial charge in [0, 0.05) is 11.6 Å². The zero-order valence-corrected chi connectivity index (χ0v) is 10.7. The number of benzene rings is 1. The maximum absolute atomic E-state index is 10.8. The molecule has 0 aromatic heterocycles. The monoisotopic (exact) mass is 268 g/mol. The second-order valence-electron chi connectivity index (χ2n) is 4.44. The zero-order valence-electron chi connectivity index (χ0n) is 10.7. The van der Waals surface area contributed by atoms with Crippen molar-refractivity contribution in [1.29, 1.82) is 0 Å². The number of nitro benzene ring substituents is 1. The number of aryl methyl sites for hydroxylation is 2. The van der Waals surface area contributed by atoms with Crippen LogP contribution in [0.4, 0.5) is 5.69 Å². The Bertz CT molecular complexity index is 515. The number of nitrogens with two attached hydrogens (primary N) is 1. The standard InChI is InChI=1S/C12H16N2O5/c1-6-3-7(2)9(14(18)19)4-8(6)12(17)10(15)5-11(13)16/h3-4,10,12,15,17H,5H2,1-2H3,(H2,13,16). The molecule has 1 aromatic rings. The summed E-state index contributed by atoms with van der Waals surface area (Å²) in [5, 5.41) is 30.4. The Balaban J connectivity index is 3.15. The van der Waals surface area contributed by atoms with Gasteiger partial charge < -0.3 is 15.9 Å². The van der Waals surface area contributed by atoms with E-state index in [9.17, 15) is 25.1 Å². The highest BCUT2D eigenvalue weighted by molar-refractivity contribution is 5.74. The smallest absolute Gasteiger partial charge is 0.272 e. The molecule has 104 valence electrons. The molecule has 0 saturated carbocycles. The van der Waals surface area contributed by atoms with Crippen molar-refractivity contribution in [3.8, 4) is 0 Å². The van der Waals surface area contributed by atoms with E-state index in [0.717, 1.165) is 0 Å². The highest BCUT2D eigenvalue weighted by atomic mass is 16.6. The van der Waals surface area contributed by atoms with Crippen LogP contribution >= 0.6 is 0 Å². The molecular formula is C12H16N2O5. The van der Waals surface area contributed by atoms with E-state index in [1.54, 1.807) is 19.9 Å². The molecule has 0 bridgehead atoms. The number of rotatable bonds is 5. The first-order valence-corrected chi connectivity index (χ1v) is 5.64. The van der Waals surface area contributed by atoms with Gasteiger partial charge in [0.25, 0.3) is 5.69 Å². The van der Waals surface area contributed by atoms with Crippen molar-refractivity contribution in [2.24, 2.45) is 5.73 Å². The summed E-state index contributed by atoms with van der Waals surface area (Å²) in [7, 11) is 0. The number of carbonyl (C=O) groups is 1. The molecule has 0 saturated heterocycles. The third-order valence-electron chi connectivity index (χ3n) is 2.87. The maximum Gasteiger partial charge on any atom is 0.272 e. The van der Waals surface area contributed by atoms with E-state index in [2.05, 4.69) is 0 Å². The Morgan fingerprint density at radius 3 is 2.42 bits per heavy atom. The summed E-state index contributed by atoms with van der Waals surface area (Å²) in [6.07, 6.45) is -3.20. The molecule has 1 aromatic carbocycles. The molecule has 19 heavy (non-hydrogen) atoms. The minimum atomic E-state index is -1.40. The first-order valence-electron chi connectivity index (χ1n) is 5.64. The van der Waals surface area contributed by atoms with Gasteiger partial charge in [-0.25, -0.2) is 0 Å². The molecule has 0 fully saturated rings. The van der Waals surface area contributed by atoms with Gasteiger partial charge in [-0.05, 0) is 31.0 Å². The Kier molecular flexibility index (Phi) is 4.57. The van der Waals surface area contributed by atoms with E-state index in [1.807, 2.05) is 0 Å². The number of amides is 1. The Hall–Kier alpha value is -1.99. The normalized spacial score (nSPS) is 13.9. The van der Waals surface area contributed by atoms with Gasteiger partial charge in [0.15, 0.2) is 0 Å². The average Bonchev–Trinajstić information content (AvgIpc) is 2.26. The topological polar surface area (TPSA) is 127 Å². The van der Waals surface area contributed by atoms with Crippen molar-refractivity contribution in [3.63, 3.8) is 0 Å². The lowest BCUT2D eigenvalue weighted by Crippen LogP contribution is -2.26. The largest absolute Gasteiger partial charge is 0.390 e. The van der Waals surface area contributed by atoms with Gasteiger partial charge in [-0.3, -0.25) is 14.9 Å². The predicted octanol–water partition coefficient (Wildman–Crippen LogP) is 0.481. The van der Waals surface area contributed by atoms with Crippen molar-refractivity contribution < 1.29 is 19.9 Å². The van der Waals surface area contributed by atoms with Gasteiger partial charge in [-0.15, -0.1) is 0 Å². The molecular weight excluding hydrogens is 252 g/mol. The second kappa shape index (κ2) is 5.77. The number of hydrogen-bond donors (Lipinski definition) is 3. The first kappa shape index (κ1) is 15.1. The molecule has 0 aliphatic rings. The van der Waals surface area contributed by atoms with Gasteiger partial charge in [0.2, 0.25) is 5.91 Å². The van der Waals surface area contributed by atoms with Crippen molar-refractivity contribution >= 4 is 11.6 Å². The quantitative estimate of drug-likeness (QED) is 0.528. The number of aliphatic hydroxyl groups excluding tert-OH is 2. The fraction of sp³-hybridized carbons (Fsp3) is 0.417. The van der Waals surface area contributed by atoms with Crippen molar-refractivity contribution in [3.05, 3.63) is 38.9 Å². The van der Waals surface area contributed by atoms with Gasteiger partial charge in [0.1, 0.15) is 6.10 Å². The van der Waals surface area contributed by atoms with Crippen LogP contribution in [0.3, 0.4) is 0 Å². The summed E-state index contributed by atoms with van der Waals surface area (Å²) >= 11 is 0. The Morgan fingerprint density at radius 2 is 1.95 bits per heavy atom. The molecule has 2 atom stereocenters. The van der Waals surface area contributed by atoms with Crippen LogP contribution < -0.4 is 5.73 Å². The maximum atomic E-state index is 10.8. The van der Waals surface area contributed by atoms with Crippen molar-refractivity contribution in [1.82, 2.24) is 0 Å². The third-order valence-corrected chi connectivity index (χ3v) is 2.87. The lowest BCUT2D eigenvalue weighted by atomic mass is 9.95. The van der Waals surface area contributed by atoms with E-state index >= 15 is 0 Å². The van der Waals surface area contributed by atoms with Crippen LogP contribution in [0, 0.1) is 24.0 Å². The summed E-state index contributed by atoms with van der Waals surface area (Å²) in [4.78, 5) is 21.0. The van der Waals surface area contributed by atoms with E-state index in [1.165, 1.54) is 6.07 Å². The Labute approximate surface area is 109 Å². The second-order valence-corrected chi connectivity index (χ2v) is 4.44. The molecule has 2 unspecified atom stereocenters. The number of nitro groups is 1. The average molecular weight is 268 g/mol. The molecule has 7 heteroatoms. The molecule has 1 rings (SSSR count). The van der Waals surface area contributed by atoms with Crippen LogP contribution in [0.25, 0.3) is 0 Å². The van der Waals surface area contributed by atoms with E-state index in [-0.39, 0.29) is 11.3 Å².